The van der Waals surface area contributed by atoms with Crippen molar-refractivity contribution < 1.29 is 4.84 Å². The quantitative estimate of drug-likeness (QED) is 0.510. The minimum atomic E-state index is -0.145. The normalized spacial score (nSPS) is 31.7. The molecular formula is C5H13N2OP. The lowest BCUT2D eigenvalue weighted by molar-refractivity contribution is -0.0352. The summed E-state index contributed by atoms with van der Waals surface area (Å²) in [5.74, 6) is 0. The molecule has 1 heterocycles. The molecule has 1 unspecified atom stereocenters. The van der Waals surface area contributed by atoms with Gasteiger partial charge in [0.25, 0.3) is 0 Å². The average Bonchev–Trinajstić information content (AvgIpc) is 2.15. The van der Waals surface area contributed by atoms with Crippen LogP contribution in [-0.2, 0) is 4.84 Å². The second kappa shape index (κ2) is 2.93. The second-order valence-corrected chi connectivity index (χ2v) is 4.24. The summed E-state index contributed by atoms with van der Waals surface area (Å²) in [4.78, 5) is 7.15. The van der Waals surface area contributed by atoms with Crippen LogP contribution in [0.25, 0.3) is 0 Å². The van der Waals surface area contributed by atoms with Gasteiger partial charge in [-0.05, 0) is 13.7 Å². The molecular weight excluding hydrogens is 135 g/mol. The van der Waals surface area contributed by atoms with Crippen molar-refractivity contribution in [2.24, 2.45) is 0 Å². The molecule has 4 heteroatoms. The van der Waals surface area contributed by atoms with E-state index in [0.29, 0.717) is 0 Å². The molecule has 0 aromatic rings. The summed E-state index contributed by atoms with van der Waals surface area (Å²) in [5.41, 5.74) is 0. The average molecular weight is 148 g/mol. The van der Waals surface area contributed by atoms with E-state index in [1.807, 2.05) is 4.83 Å². The largest absolute Gasteiger partial charge is 0.297 e. The zero-order chi connectivity index (χ0) is 6.85. The predicted molar refractivity (Wildman–Crippen MR) is 39.2 cm³/mol. The third-order valence-corrected chi connectivity index (χ3v) is 3.84. The lowest BCUT2D eigenvalue weighted by Gasteiger charge is -2.20. The van der Waals surface area contributed by atoms with Crippen molar-refractivity contribution >= 4 is 8.22 Å². The Kier molecular flexibility index (Phi) is 2.42. The molecule has 0 saturated carbocycles. The summed E-state index contributed by atoms with van der Waals surface area (Å²) in [7, 11) is 3.72. The fourth-order valence-corrected chi connectivity index (χ4v) is 2.23. The van der Waals surface area contributed by atoms with Crippen molar-refractivity contribution in [3.8, 4) is 0 Å². The van der Waals surface area contributed by atoms with E-state index >= 15 is 0 Å². The van der Waals surface area contributed by atoms with Gasteiger partial charge in [-0.25, -0.2) is 0 Å². The molecule has 9 heavy (non-hydrogen) atoms. The van der Waals surface area contributed by atoms with Crippen LogP contribution in [-0.4, -0.2) is 43.4 Å². The molecule has 0 aromatic carbocycles. The van der Waals surface area contributed by atoms with Crippen LogP contribution < -0.4 is 0 Å². The van der Waals surface area contributed by atoms with E-state index in [1.54, 1.807) is 7.11 Å². The highest BCUT2D eigenvalue weighted by atomic mass is 31.1. The Morgan fingerprint density at radius 1 is 1.44 bits per heavy atom. The SMILES string of the molecule is CON1CCN(C)P1C. The van der Waals surface area contributed by atoms with Gasteiger partial charge in [0.15, 0.2) is 0 Å². The number of nitrogens with zero attached hydrogens (tertiary/aromatic N) is 2. The Bertz CT molecular complexity index is 101. The van der Waals surface area contributed by atoms with Crippen LogP contribution in [0.5, 0.6) is 0 Å². The first kappa shape index (κ1) is 7.42. The minimum absolute atomic E-state index is 0.145. The summed E-state index contributed by atoms with van der Waals surface area (Å²) in [6.07, 6.45) is 0. The van der Waals surface area contributed by atoms with Crippen LogP contribution in [0.3, 0.4) is 0 Å². The molecule has 0 bridgehead atoms. The number of hydrogen-bond donors (Lipinski definition) is 0. The Morgan fingerprint density at radius 3 is 2.33 bits per heavy atom. The van der Waals surface area contributed by atoms with E-state index in [1.165, 1.54) is 0 Å². The molecule has 54 valence electrons. The molecule has 0 N–H and O–H groups in total. The number of hydroxylamine groups is 1. The van der Waals surface area contributed by atoms with Crippen LogP contribution in [0, 0.1) is 0 Å². The van der Waals surface area contributed by atoms with Gasteiger partial charge in [0.2, 0.25) is 0 Å². The fraction of sp³-hybridized carbons (Fsp3) is 1.00. The van der Waals surface area contributed by atoms with Crippen LogP contribution >= 0.6 is 8.22 Å². The zero-order valence-corrected chi connectivity index (χ0v) is 7.06. The van der Waals surface area contributed by atoms with Crippen molar-refractivity contribution in [1.82, 2.24) is 9.50 Å². The fourth-order valence-electron chi connectivity index (χ4n) is 0.899. The van der Waals surface area contributed by atoms with Crippen LogP contribution in [0.15, 0.2) is 0 Å². The number of rotatable bonds is 1. The van der Waals surface area contributed by atoms with E-state index in [2.05, 4.69) is 18.4 Å². The summed E-state index contributed by atoms with van der Waals surface area (Å²) in [6.45, 7) is 4.39. The summed E-state index contributed by atoms with van der Waals surface area (Å²) < 4.78 is 2.32. The first-order valence-electron chi connectivity index (χ1n) is 3.02. The van der Waals surface area contributed by atoms with Gasteiger partial charge in [-0.2, -0.15) is 4.83 Å². The molecule has 0 aliphatic carbocycles. The van der Waals surface area contributed by atoms with Crippen LogP contribution in [0.2, 0.25) is 0 Å². The third kappa shape index (κ3) is 1.41. The first-order chi connectivity index (χ1) is 4.25. The van der Waals surface area contributed by atoms with Crippen molar-refractivity contribution in [3.05, 3.63) is 0 Å². The molecule has 1 saturated heterocycles. The Hall–Kier alpha value is 0.310. The molecule has 1 aliphatic rings. The lowest BCUT2D eigenvalue weighted by atomic mass is 10.7. The van der Waals surface area contributed by atoms with Crippen molar-refractivity contribution in [2.45, 2.75) is 0 Å². The van der Waals surface area contributed by atoms with Crippen LogP contribution in [0.4, 0.5) is 0 Å². The Morgan fingerprint density at radius 2 is 2.11 bits per heavy atom. The van der Waals surface area contributed by atoms with Gasteiger partial charge in [-0.3, -0.25) is 9.51 Å². The highest BCUT2D eigenvalue weighted by Crippen LogP contribution is 2.42. The lowest BCUT2D eigenvalue weighted by Crippen LogP contribution is -2.11. The van der Waals surface area contributed by atoms with Gasteiger partial charge in [-0.15, -0.1) is 0 Å². The van der Waals surface area contributed by atoms with Gasteiger partial charge in [-0.1, -0.05) is 0 Å². The van der Waals surface area contributed by atoms with Gasteiger partial charge in [0.05, 0.1) is 15.3 Å². The maximum Gasteiger partial charge on any atom is 0.0628 e. The topological polar surface area (TPSA) is 15.7 Å². The standard InChI is InChI=1S/C5H13N2OP/c1-6-4-5-7(8-2)9(6)3/h4-5H2,1-3H3. The van der Waals surface area contributed by atoms with E-state index < -0.39 is 0 Å². The van der Waals surface area contributed by atoms with Crippen molar-refractivity contribution in [2.75, 3.05) is 33.9 Å². The molecule has 1 fully saturated rings. The van der Waals surface area contributed by atoms with Crippen LogP contribution in [0.1, 0.15) is 0 Å². The Labute approximate surface area is 57.4 Å². The summed E-state index contributed by atoms with van der Waals surface area (Å²) in [6, 6.07) is 0. The molecule has 0 amide bonds. The molecule has 0 radical (unpaired) electrons. The van der Waals surface area contributed by atoms with Crippen molar-refractivity contribution in [1.29, 1.82) is 0 Å². The molecule has 1 atom stereocenters. The zero-order valence-electron chi connectivity index (χ0n) is 6.16. The van der Waals surface area contributed by atoms with E-state index in [0.717, 1.165) is 13.1 Å². The minimum Gasteiger partial charge on any atom is -0.297 e. The molecule has 1 rings (SSSR count). The number of likely N-dealkylation sites (N-methyl/N-ethyl adjacent to an activating group) is 1. The van der Waals surface area contributed by atoms with Crippen molar-refractivity contribution in [3.63, 3.8) is 0 Å². The smallest absolute Gasteiger partial charge is 0.0628 e. The molecule has 3 nitrogen and oxygen atoms in total. The summed E-state index contributed by atoms with van der Waals surface area (Å²) >= 11 is 0. The predicted octanol–water partition coefficient (Wildman–Crippen LogP) is 0.737. The highest BCUT2D eigenvalue weighted by Gasteiger charge is 2.24. The van der Waals surface area contributed by atoms with Gasteiger partial charge < -0.3 is 0 Å². The number of hydrogen-bond acceptors (Lipinski definition) is 3. The Balaban J connectivity index is 2.41. The maximum absolute atomic E-state index is 5.11. The first-order valence-corrected chi connectivity index (χ1v) is 4.71. The summed E-state index contributed by atoms with van der Waals surface area (Å²) in [5, 5.41) is 0. The molecule has 0 aromatic heterocycles. The van der Waals surface area contributed by atoms with Gasteiger partial charge >= 0.3 is 0 Å². The van der Waals surface area contributed by atoms with E-state index in [-0.39, 0.29) is 8.22 Å². The van der Waals surface area contributed by atoms with Gasteiger partial charge in [0.1, 0.15) is 0 Å². The monoisotopic (exact) mass is 148 g/mol. The van der Waals surface area contributed by atoms with E-state index in [9.17, 15) is 0 Å². The molecule has 1 aliphatic heterocycles. The highest BCUT2D eigenvalue weighted by molar-refractivity contribution is 7.51. The second-order valence-electron chi connectivity index (χ2n) is 2.13. The van der Waals surface area contributed by atoms with E-state index in [4.69, 9.17) is 4.84 Å². The maximum atomic E-state index is 5.11. The third-order valence-electron chi connectivity index (χ3n) is 1.64. The molecule has 0 spiro atoms. The van der Waals surface area contributed by atoms with Gasteiger partial charge in [0, 0.05) is 13.1 Å².